The molecule has 3 nitrogen and oxygen atoms in total. The van der Waals surface area contributed by atoms with Crippen molar-refractivity contribution < 1.29 is 14.2 Å². The lowest BCUT2D eigenvalue weighted by Crippen LogP contribution is -2.44. The minimum atomic E-state index is -0.712. The average Bonchev–Trinajstić information content (AvgIpc) is 2.50. The molecule has 0 saturated carbocycles. The number of rotatable bonds is 2. The van der Waals surface area contributed by atoms with Crippen LogP contribution < -0.4 is 5.73 Å². The number of halogens is 1. The number of aliphatic hydroxyl groups is 1. The third kappa shape index (κ3) is 3.20. The van der Waals surface area contributed by atoms with Crippen LogP contribution in [0.25, 0.3) is 0 Å². The van der Waals surface area contributed by atoms with E-state index < -0.39 is 6.10 Å². The molecule has 3 N–H and O–H groups in total. The van der Waals surface area contributed by atoms with Crippen LogP contribution in [-0.2, 0) is 4.74 Å². The van der Waals surface area contributed by atoms with Crippen molar-refractivity contribution in [3.63, 3.8) is 0 Å². The molecule has 0 radical (unpaired) electrons. The summed E-state index contributed by atoms with van der Waals surface area (Å²) in [6, 6.07) is 4.22. The zero-order valence-corrected chi connectivity index (χ0v) is 12.9. The maximum Gasteiger partial charge on any atom is 0.123 e. The molecule has 5 heteroatoms. The van der Waals surface area contributed by atoms with E-state index in [-0.39, 0.29) is 17.3 Å². The van der Waals surface area contributed by atoms with Gasteiger partial charge in [0.15, 0.2) is 0 Å². The molecule has 2 aliphatic heterocycles. The largest absolute Gasteiger partial charge is 0.398 e. The van der Waals surface area contributed by atoms with Gasteiger partial charge in [0.1, 0.15) is 5.82 Å². The zero-order valence-electron chi connectivity index (χ0n) is 12.1. The zero-order chi connectivity index (χ0) is 14.9. The molecule has 2 heterocycles. The summed E-state index contributed by atoms with van der Waals surface area (Å²) in [7, 11) is 0. The van der Waals surface area contributed by atoms with Gasteiger partial charge in [-0.05, 0) is 61.3 Å². The number of nitrogens with two attached hydrogens (primary N) is 1. The van der Waals surface area contributed by atoms with Gasteiger partial charge in [-0.25, -0.2) is 4.39 Å². The van der Waals surface area contributed by atoms with Crippen molar-refractivity contribution in [2.24, 2.45) is 5.92 Å². The van der Waals surface area contributed by atoms with Gasteiger partial charge in [-0.2, -0.15) is 11.8 Å². The molecule has 116 valence electrons. The number of anilines is 1. The standard InChI is InChI=1S/C16H22FNO2S/c17-12-1-2-14(18)13(9-12)15(19)11-3-6-20-16(10-11)4-7-21-8-5-16/h1-2,9,11,15,19H,3-8,10,18H2. The van der Waals surface area contributed by atoms with E-state index in [4.69, 9.17) is 10.5 Å². The molecule has 0 aliphatic carbocycles. The van der Waals surface area contributed by atoms with Crippen LogP contribution >= 0.6 is 11.8 Å². The first-order chi connectivity index (χ1) is 10.1. The molecular formula is C16H22FNO2S. The molecule has 1 spiro atoms. The number of thioether (sulfide) groups is 1. The highest BCUT2D eigenvalue weighted by Gasteiger charge is 2.41. The Balaban J connectivity index is 1.77. The second kappa shape index (κ2) is 6.15. The number of benzene rings is 1. The molecule has 2 saturated heterocycles. The molecule has 2 fully saturated rings. The molecule has 3 rings (SSSR count). The summed E-state index contributed by atoms with van der Waals surface area (Å²) < 4.78 is 19.5. The van der Waals surface area contributed by atoms with E-state index in [1.165, 1.54) is 18.2 Å². The van der Waals surface area contributed by atoms with Crippen LogP contribution in [0.4, 0.5) is 10.1 Å². The van der Waals surface area contributed by atoms with E-state index in [2.05, 4.69) is 0 Å². The van der Waals surface area contributed by atoms with Gasteiger partial charge in [-0.15, -0.1) is 0 Å². The molecule has 1 aromatic carbocycles. The normalized spacial score (nSPS) is 26.7. The first kappa shape index (κ1) is 15.1. The third-order valence-electron chi connectivity index (χ3n) is 4.75. The number of ether oxygens (including phenoxy) is 1. The Morgan fingerprint density at radius 2 is 2.14 bits per heavy atom. The van der Waals surface area contributed by atoms with Crippen molar-refractivity contribution in [1.29, 1.82) is 0 Å². The molecule has 0 bridgehead atoms. The maximum atomic E-state index is 13.4. The molecule has 0 aromatic heterocycles. The van der Waals surface area contributed by atoms with Crippen molar-refractivity contribution in [2.45, 2.75) is 37.4 Å². The van der Waals surface area contributed by atoms with Crippen molar-refractivity contribution in [2.75, 3.05) is 23.8 Å². The number of hydrogen-bond donors (Lipinski definition) is 2. The summed E-state index contributed by atoms with van der Waals surface area (Å²) in [6.45, 7) is 0.668. The monoisotopic (exact) mass is 311 g/mol. The number of aliphatic hydroxyl groups excluding tert-OH is 1. The maximum absolute atomic E-state index is 13.4. The molecular weight excluding hydrogens is 289 g/mol. The minimum absolute atomic E-state index is 0.0861. The Bertz CT molecular complexity index is 500. The predicted octanol–water partition coefficient (Wildman–Crippen LogP) is 3.13. The van der Waals surface area contributed by atoms with Crippen LogP contribution in [0.1, 0.15) is 37.4 Å². The molecule has 21 heavy (non-hydrogen) atoms. The highest BCUT2D eigenvalue weighted by Crippen LogP contribution is 2.44. The van der Waals surface area contributed by atoms with E-state index in [1.807, 2.05) is 11.8 Å². The second-order valence-electron chi connectivity index (χ2n) is 6.11. The van der Waals surface area contributed by atoms with Crippen LogP contribution in [0.15, 0.2) is 18.2 Å². The van der Waals surface area contributed by atoms with Crippen LogP contribution in [0.2, 0.25) is 0 Å². The quantitative estimate of drug-likeness (QED) is 0.824. The molecule has 1 aromatic rings. The van der Waals surface area contributed by atoms with E-state index >= 15 is 0 Å². The van der Waals surface area contributed by atoms with Gasteiger partial charge in [-0.3, -0.25) is 0 Å². The Kier molecular flexibility index (Phi) is 4.43. The number of hydrogen-bond acceptors (Lipinski definition) is 4. The van der Waals surface area contributed by atoms with Crippen LogP contribution in [0.3, 0.4) is 0 Å². The summed E-state index contributed by atoms with van der Waals surface area (Å²) in [5.74, 6) is 1.97. The fraction of sp³-hybridized carbons (Fsp3) is 0.625. The summed E-state index contributed by atoms with van der Waals surface area (Å²) in [6.07, 6.45) is 3.01. The van der Waals surface area contributed by atoms with Crippen LogP contribution in [0, 0.1) is 11.7 Å². The summed E-state index contributed by atoms with van der Waals surface area (Å²) in [5.41, 5.74) is 6.80. The first-order valence-corrected chi connectivity index (χ1v) is 8.70. The van der Waals surface area contributed by atoms with E-state index in [0.717, 1.165) is 37.2 Å². The van der Waals surface area contributed by atoms with E-state index in [9.17, 15) is 9.50 Å². The molecule has 0 amide bonds. The lowest BCUT2D eigenvalue weighted by molar-refractivity contribution is -0.121. The second-order valence-corrected chi connectivity index (χ2v) is 7.34. The van der Waals surface area contributed by atoms with Gasteiger partial charge in [0.05, 0.1) is 11.7 Å². The summed E-state index contributed by atoms with van der Waals surface area (Å²) >= 11 is 1.96. The molecule has 2 atom stereocenters. The van der Waals surface area contributed by atoms with Gasteiger partial charge in [0, 0.05) is 17.9 Å². The summed E-state index contributed by atoms with van der Waals surface area (Å²) in [5, 5.41) is 10.7. The smallest absolute Gasteiger partial charge is 0.123 e. The van der Waals surface area contributed by atoms with Crippen molar-refractivity contribution in [3.8, 4) is 0 Å². The van der Waals surface area contributed by atoms with Crippen molar-refractivity contribution in [1.82, 2.24) is 0 Å². The van der Waals surface area contributed by atoms with Crippen molar-refractivity contribution in [3.05, 3.63) is 29.6 Å². The fourth-order valence-electron chi connectivity index (χ4n) is 3.48. The minimum Gasteiger partial charge on any atom is -0.398 e. The lowest BCUT2D eigenvalue weighted by Gasteiger charge is -2.44. The SMILES string of the molecule is Nc1ccc(F)cc1C(O)C1CCOC2(CCSCC2)C1. The topological polar surface area (TPSA) is 55.5 Å². The Labute approximate surface area is 129 Å². The highest BCUT2D eigenvalue weighted by atomic mass is 32.2. The predicted molar refractivity (Wildman–Crippen MR) is 83.7 cm³/mol. The molecule has 2 unspecified atom stereocenters. The van der Waals surface area contributed by atoms with Gasteiger partial charge in [0.2, 0.25) is 0 Å². The van der Waals surface area contributed by atoms with Crippen LogP contribution in [-0.4, -0.2) is 28.8 Å². The van der Waals surface area contributed by atoms with Gasteiger partial charge < -0.3 is 15.6 Å². The Morgan fingerprint density at radius 3 is 2.90 bits per heavy atom. The van der Waals surface area contributed by atoms with E-state index in [0.29, 0.717) is 17.9 Å². The third-order valence-corrected chi connectivity index (χ3v) is 5.73. The van der Waals surface area contributed by atoms with Gasteiger partial charge >= 0.3 is 0 Å². The van der Waals surface area contributed by atoms with Gasteiger partial charge in [-0.1, -0.05) is 0 Å². The molecule has 2 aliphatic rings. The number of nitrogen functional groups attached to an aromatic ring is 1. The van der Waals surface area contributed by atoms with Crippen LogP contribution in [0.5, 0.6) is 0 Å². The first-order valence-electron chi connectivity index (χ1n) is 7.54. The summed E-state index contributed by atoms with van der Waals surface area (Å²) in [4.78, 5) is 0. The van der Waals surface area contributed by atoms with Crippen molar-refractivity contribution >= 4 is 17.4 Å². The van der Waals surface area contributed by atoms with E-state index in [1.54, 1.807) is 0 Å². The highest BCUT2D eigenvalue weighted by molar-refractivity contribution is 7.99. The Morgan fingerprint density at radius 1 is 1.38 bits per heavy atom. The lowest BCUT2D eigenvalue weighted by atomic mass is 9.78. The Hall–Kier alpha value is -0.780. The van der Waals surface area contributed by atoms with Gasteiger partial charge in [0.25, 0.3) is 0 Å². The fourth-order valence-corrected chi connectivity index (χ4v) is 4.72. The average molecular weight is 311 g/mol.